The normalized spacial score (nSPS) is 30.5. The maximum atomic E-state index is 12.6. The molecule has 5 N–H and O–H groups in total. The Labute approximate surface area is 278 Å². The zero-order valence-corrected chi connectivity index (χ0v) is 27.3. The summed E-state index contributed by atoms with van der Waals surface area (Å²) in [5.74, 6) is 1.31. The fraction of sp³-hybridized carbons (Fsp3) is 0.545. The minimum absolute atomic E-state index is 0.0467. The zero-order valence-electron chi connectivity index (χ0n) is 27.3. The Hall–Kier alpha value is -3.51. The summed E-state index contributed by atoms with van der Waals surface area (Å²) in [6.07, 6.45) is -11.5. The lowest BCUT2D eigenvalue weighted by molar-refractivity contribution is -0.357. The second-order valence-corrected chi connectivity index (χ2v) is 11.2. The summed E-state index contributed by atoms with van der Waals surface area (Å²) in [7, 11) is 6.04. The van der Waals surface area contributed by atoms with Gasteiger partial charge in [0.05, 0.1) is 41.2 Å². The molecule has 0 saturated carbocycles. The number of carbonyl (C=O) groups is 1. The lowest BCUT2D eigenvalue weighted by Gasteiger charge is -2.45. The first-order chi connectivity index (χ1) is 23.0. The van der Waals surface area contributed by atoms with Crippen LogP contribution < -0.4 is 18.9 Å². The van der Waals surface area contributed by atoms with E-state index in [0.29, 0.717) is 35.0 Å². The molecule has 2 aromatic rings. The van der Waals surface area contributed by atoms with Crippen LogP contribution in [-0.4, -0.2) is 135 Å². The molecule has 0 aliphatic carbocycles. The van der Waals surface area contributed by atoms with E-state index in [1.54, 1.807) is 30.3 Å². The largest absolute Gasteiger partial charge is 0.493 e. The first-order valence-electron chi connectivity index (χ1n) is 15.3. The molecule has 0 radical (unpaired) electrons. The molecule has 0 aromatic heterocycles. The van der Waals surface area contributed by atoms with Crippen LogP contribution in [0.5, 0.6) is 23.0 Å². The first kappa shape index (κ1) is 37.3. The summed E-state index contributed by atoms with van der Waals surface area (Å²) in [5, 5.41) is 53.2. The fourth-order valence-corrected chi connectivity index (χ4v) is 5.28. The van der Waals surface area contributed by atoms with Crippen molar-refractivity contribution in [2.24, 2.45) is 0 Å². The number of esters is 1. The van der Waals surface area contributed by atoms with Crippen LogP contribution in [0, 0.1) is 0 Å². The van der Waals surface area contributed by atoms with Crippen molar-refractivity contribution in [3.8, 4) is 23.0 Å². The monoisotopic (exact) mass is 680 g/mol. The van der Waals surface area contributed by atoms with Gasteiger partial charge in [0.1, 0.15) is 49.3 Å². The zero-order chi connectivity index (χ0) is 35.0. The molecule has 0 spiro atoms. The van der Waals surface area contributed by atoms with E-state index in [0.717, 1.165) is 5.56 Å². The predicted octanol–water partition coefficient (Wildman–Crippen LogP) is 0.196. The first-order valence-corrected chi connectivity index (χ1v) is 15.3. The van der Waals surface area contributed by atoms with Crippen LogP contribution in [0.3, 0.4) is 0 Å². The van der Waals surface area contributed by atoms with E-state index in [-0.39, 0.29) is 6.61 Å². The highest BCUT2D eigenvalue weighted by atomic mass is 16.7. The molecule has 2 saturated heterocycles. The highest BCUT2D eigenvalue weighted by molar-refractivity contribution is 5.87. The molecule has 0 bridgehead atoms. The van der Waals surface area contributed by atoms with E-state index in [1.165, 1.54) is 47.5 Å². The van der Waals surface area contributed by atoms with Crippen molar-refractivity contribution in [3.05, 3.63) is 53.6 Å². The summed E-state index contributed by atoms with van der Waals surface area (Å²) >= 11 is 0. The van der Waals surface area contributed by atoms with Crippen molar-refractivity contribution in [3.63, 3.8) is 0 Å². The van der Waals surface area contributed by atoms with Gasteiger partial charge in [-0.05, 0) is 54.8 Å². The lowest BCUT2D eigenvalue weighted by atomic mass is 9.97. The van der Waals surface area contributed by atoms with Gasteiger partial charge in [0.2, 0.25) is 0 Å². The number of methoxy groups -OCH3 is 4. The fourth-order valence-electron chi connectivity index (χ4n) is 5.28. The molecule has 266 valence electrons. The van der Waals surface area contributed by atoms with Crippen LogP contribution in [-0.2, 0) is 34.9 Å². The molecular weight excluding hydrogens is 636 g/mol. The van der Waals surface area contributed by atoms with Gasteiger partial charge in [-0.3, -0.25) is 0 Å². The van der Waals surface area contributed by atoms with Gasteiger partial charge in [-0.25, -0.2) is 4.79 Å². The number of ether oxygens (including phenoxy) is 9. The van der Waals surface area contributed by atoms with Gasteiger partial charge in [0, 0.05) is 6.08 Å². The number of benzene rings is 2. The Balaban J connectivity index is 1.45. The van der Waals surface area contributed by atoms with E-state index < -0.39 is 74.0 Å². The Morgan fingerprint density at radius 3 is 2.06 bits per heavy atom. The number of hydrogen-bond acceptors (Lipinski definition) is 15. The number of aliphatic hydroxyl groups is 5. The van der Waals surface area contributed by atoms with Crippen molar-refractivity contribution in [2.75, 3.05) is 41.7 Å². The number of carbonyl (C=O) groups excluding carboxylic acids is 1. The summed E-state index contributed by atoms with van der Waals surface area (Å²) in [6, 6.07) is 10.4. The second kappa shape index (κ2) is 17.2. The molecule has 48 heavy (non-hydrogen) atoms. The second-order valence-electron chi connectivity index (χ2n) is 11.2. The van der Waals surface area contributed by atoms with Crippen molar-refractivity contribution in [2.45, 2.75) is 74.8 Å². The summed E-state index contributed by atoms with van der Waals surface area (Å²) in [5.41, 5.74) is 1.46. The quantitative estimate of drug-likeness (QED) is 0.134. The van der Waals surface area contributed by atoms with Crippen molar-refractivity contribution < 1.29 is 73.0 Å². The van der Waals surface area contributed by atoms with Crippen LogP contribution >= 0.6 is 0 Å². The standard InChI is InChI=1S/C33H44O15/c1-17-26(35)28(37)29(38)33(46-17)48-31-27(36)24(16-45-25(34)11-8-18-6-9-20(40-2)22(14-18)42-4)47-32(30(31)39)44-13-12-19-7-10-21(41-3)23(15-19)43-5/h6-11,14-15,17,24,26-33,35-39H,12-13,16H2,1-5H3/b11-8+/t17-,24+,26-,27+,28+,29+,30+,31-,32+,33-/m0/s1. The third kappa shape index (κ3) is 8.93. The Morgan fingerprint density at radius 2 is 1.40 bits per heavy atom. The van der Waals surface area contributed by atoms with Gasteiger partial charge in [-0.15, -0.1) is 0 Å². The summed E-state index contributed by atoms with van der Waals surface area (Å²) in [4.78, 5) is 12.6. The van der Waals surface area contributed by atoms with Gasteiger partial charge >= 0.3 is 5.97 Å². The minimum atomic E-state index is -1.71. The smallest absolute Gasteiger partial charge is 0.330 e. The molecule has 2 fully saturated rings. The lowest BCUT2D eigenvalue weighted by Crippen LogP contribution is -2.64. The van der Waals surface area contributed by atoms with Crippen molar-refractivity contribution in [1.82, 2.24) is 0 Å². The van der Waals surface area contributed by atoms with Crippen LogP contribution in [0.2, 0.25) is 0 Å². The third-order valence-corrected chi connectivity index (χ3v) is 8.07. The molecule has 10 atom stereocenters. The van der Waals surface area contributed by atoms with Crippen LogP contribution in [0.4, 0.5) is 0 Å². The minimum Gasteiger partial charge on any atom is -0.493 e. The molecule has 0 unspecified atom stereocenters. The van der Waals surface area contributed by atoms with Crippen LogP contribution in [0.15, 0.2) is 42.5 Å². The van der Waals surface area contributed by atoms with Crippen molar-refractivity contribution >= 4 is 12.0 Å². The third-order valence-electron chi connectivity index (χ3n) is 8.07. The molecule has 0 amide bonds. The van der Waals surface area contributed by atoms with E-state index >= 15 is 0 Å². The number of rotatable bonds is 14. The molecular formula is C33H44O15. The molecule has 4 rings (SSSR count). The molecule has 2 aliphatic heterocycles. The highest BCUT2D eigenvalue weighted by Crippen LogP contribution is 2.31. The van der Waals surface area contributed by atoms with E-state index in [9.17, 15) is 30.3 Å². The van der Waals surface area contributed by atoms with E-state index in [4.69, 9.17) is 42.6 Å². The van der Waals surface area contributed by atoms with Crippen LogP contribution in [0.25, 0.3) is 6.08 Å². The molecule has 15 heteroatoms. The summed E-state index contributed by atoms with van der Waals surface area (Å²) in [6.45, 7) is 1.04. The highest BCUT2D eigenvalue weighted by Gasteiger charge is 2.50. The van der Waals surface area contributed by atoms with Crippen molar-refractivity contribution in [1.29, 1.82) is 0 Å². The SMILES string of the molecule is COc1ccc(/C=C/C(=O)OC[C@H]2O[C@@H](OCCc3ccc(OC)c(OC)c3)[C@H](O)[C@@H](O[C@@H]3O[C@@H](C)[C@H](O)[C@@H](O)[C@H]3O)[C@@H]2O)cc1OC. The average molecular weight is 681 g/mol. The maximum absolute atomic E-state index is 12.6. The molecule has 2 heterocycles. The van der Waals surface area contributed by atoms with Gasteiger partial charge in [0.25, 0.3) is 0 Å². The Morgan fingerprint density at radius 1 is 0.750 bits per heavy atom. The van der Waals surface area contributed by atoms with Gasteiger partial charge in [-0.2, -0.15) is 0 Å². The topological polar surface area (TPSA) is 201 Å². The average Bonchev–Trinajstić information content (AvgIpc) is 3.10. The maximum Gasteiger partial charge on any atom is 0.330 e. The number of aliphatic hydroxyl groups excluding tert-OH is 5. The Bertz CT molecular complexity index is 1370. The molecule has 2 aliphatic rings. The van der Waals surface area contributed by atoms with E-state index in [2.05, 4.69) is 0 Å². The predicted molar refractivity (Wildman–Crippen MR) is 167 cm³/mol. The summed E-state index contributed by atoms with van der Waals surface area (Å²) < 4.78 is 49.4. The molecule has 15 nitrogen and oxygen atoms in total. The van der Waals surface area contributed by atoms with Gasteiger partial charge < -0.3 is 68.2 Å². The van der Waals surface area contributed by atoms with E-state index in [1.807, 2.05) is 6.07 Å². The van der Waals surface area contributed by atoms with Gasteiger partial charge in [0.15, 0.2) is 35.6 Å². The Kier molecular flexibility index (Phi) is 13.4. The number of hydrogen-bond donors (Lipinski definition) is 5. The van der Waals surface area contributed by atoms with Crippen LogP contribution in [0.1, 0.15) is 18.1 Å². The molecule has 2 aromatic carbocycles. The van der Waals surface area contributed by atoms with Gasteiger partial charge in [-0.1, -0.05) is 12.1 Å².